The Bertz CT molecular complexity index is 2920. The Balaban J connectivity index is 0.796. The number of carbonyl (C=O) groups excluding carboxylic acids is 1. The lowest BCUT2D eigenvalue weighted by molar-refractivity contribution is -0.253. The third kappa shape index (κ3) is 6.56. The second kappa shape index (κ2) is 15.8. The van der Waals surface area contributed by atoms with Crippen molar-refractivity contribution in [3.05, 3.63) is 109 Å². The lowest BCUT2D eigenvalue weighted by Crippen LogP contribution is -2.67. The number of phenolic OH excluding ortho intramolecular Hbond substituents is 2. The summed E-state index contributed by atoms with van der Waals surface area (Å²) in [4.78, 5) is 14.8. The third-order valence-corrected chi connectivity index (χ3v) is 19.5. The van der Waals surface area contributed by atoms with Crippen LogP contribution in [0, 0.1) is 56.7 Å². The van der Waals surface area contributed by atoms with Crippen molar-refractivity contribution >= 4 is 27.5 Å². The highest BCUT2D eigenvalue weighted by Gasteiger charge is 2.72. The first-order chi connectivity index (χ1) is 32.1. The van der Waals surface area contributed by atoms with Crippen LogP contribution in [-0.2, 0) is 27.5 Å². The Morgan fingerprint density at radius 1 is 0.672 bits per heavy atom. The number of nitrogens with zero attached hydrogens (tertiary/aromatic N) is 6. The van der Waals surface area contributed by atoms with Gasteiger partial charge in [-0.05, 0) is 147 Å². The molecule has 5 aliphatic carbocycles. The molecule has 11 rings (SSSR count). The molecule has 5 fully saturated rings. The van der Waals surface area contributed by atoms with Crippen molar-refractivity contribution in [3.63, 3.8) is 0 Å². The summed E-state index contributed by atoms with van der Waals surface area (Å²) in [7, 11) is 0. The summed E-state index contributed by atoms with van der Waals surface area (Å²) in [6.07, 6.45) is 14.4. The molecule has 2 N–H and O–H groups in total. The summed E-state index contributed by atoms with van der Waals surface area (Å²) in [5, 5.41) is 42.1. The molecule has 2 aromatic heterocycles. The van der Waals surface area contributed by atoms with E-state index in [2.05, 4.69) is 68.7 Å². The lowest BCUT2D eigenvalue weighted by atomic mass is 9.32. The zero-order valence-electron chi connectivity index (χ0n) is 40.0. The normalized spacial score (nSPS) is 33.1. The maximum absolute atomic E-state index is 14.8. The van der Waals surface area contributed by atoms with Gasteiger partial charge in [0.05, 0.1) is 41.9 Å². The molecule has 4 aromatic carbocycles. The number of benzene rings is 4. The number of hydrogen-bond donors (Lipinski definition) is 2. The minimum Gasteiger partial charge on any atom is -0.507 e. The fourth-order valence-corrected chi connectivity index (χ4v) is 16.2. The predicted octanol–water partition coefficient (Wildman–Crippen LogP) is 11.9. The number of ether oxygens (including phenoxy) is 2. The quantitative estimate of drug-likeness (QED) is 0.107. The van der Waals surface area contributed by atoms with Crippen LogP contribution in [0.25, 0.3) is 32.9 Å². The van der Waals surface area contributed by atoms with Crippen LogP contribution in [0.1, 0.15) is 117 Å². The van der Waals surface area contributed by atoms with Gasteiger partial charge in [-0.15, -0.1) is 10.2 Å². The Morgan fingerprint density at radius 3 is 1.90 bits per heavy atom. The zero-order chi connectivity index (χ0) is 46.7. The topological polar surface area (TPSA) is 137 Å². The molecule has 6 aromatic rings. The number of phenols is 2. The third-order valence-electron chi connectivity index (χ3n) is 19.5. The minimum absolute atomic E-state index is 0.0274. The van der Waals surface area contributed by atoms with Crippen molar-refractivity contribution in [2.24, 2.45) is 56.7 Å². The number of fused-ring (bicyclic) bond motifs is 9. The summed E-state index contributed by atoms with van der Waals surface area (Å²) in [5.74, 6) is 2.39. The molecular formula is C56H66N6O5. The van der Waals surface area contributed by atoms with Gasteiger partial charge in [-0.25, -0.2) is 9.36 Å². The van der Waals surface area contributed by atoms with Crippen molar-refractivity contribution in [1.29, 1.82) is 0 Å². The van der Waals surface area contributed by atoms with E-state index in [0.717, 1.165) is 83.6 Å². The number of rotatable bonds is 9. The first-order valence-electron chi connectivity index (χ1n) is 24.8. The van der Waals surface area contributed by atoms with Crippen molar-refractivity contribution in [3.8, 4) is 22.9 Å². The summed E-state index contributed by atoms with van der Waals surface area (Å²) >= 11 is 0. The largest absolute Gasteiger partial charge is 0.507 e. The molecule has 11 nitrogen and oxygen atoms in total. The van der Waals surface area contributed by atoms with Crippen molar-refractivity contribution in [2.75, 3.05) is 0 Å². The van der Waals surface area contributed by atoms with Gasteiger partial charge in [-0.1, -0.05) is 106 Å². The van der Waals surface area contributed by atoms with Gasteiger partial charge in [0.25, 0.3) is 0 Å². The van der Waals surface area contributed by atoms with E-state index in [1.165, 1.54) is 24.8 Å². The molecule has 0 radical (unpaired) electrons. The number of allylic oxidation sites excluding steroid dienone is 1. The molecule has 11 heteroatoms. The van der Waals surface area contributed by atoms with Gasteiger partial charge in [-0.3, -0.25) is 4.79 Å². The predicted molar refractivity (Wildman–Crippen MR) is 258 cm³/mol. The number of carbonyl (C=O) groups is 1. The van der Waals surface area contributed by atoms with E-state index in [1.807, 2.05) is 73.1 Å². The first kappa shape index (κ1) is 44.0. The van der Waals surface area contributed by atoms with Crippen LogP contribution in [0.3, 0.4) is 0 Å². The SMILES string of the molecule is C=C(C)[C@@H]1CC[C@]2(C(=O)OCc3cn(-c4cccc5c(O)cccc45)nn3)CC[C@]3(C)[C@H](CC[C@@H]4[C@@]5(C)CC[C@H](OCc6cn(-c7cccc8c(O)cccc78)nn6)C(C)(C)[C@@H]5CC[C@]43C)[C@@H]12. The van der Waals surface area contributed by atoms with Crippen LogP contribution in [0.2, 0.25) is 0 Å². The highest BCUT2D eigenvalue weighted by Crippen LogP contribution is 2.77. The first-order valence-corrected chi connectivity index (χ1v) is 24.8. The van der Waals surface area contributed by atoms with Gasteiger partial charge in [0.1, 0.15) is 29.5 Å². The molecule has 0 aliphatic heterocycles. The monoisotopic (exact) mass is 903 g/mol. The second-order valence-electron chi connectivity index (χ2n) is 22.7. The molecule has 5 saturated carbocycles. The smallest absolute Gasteiger partial charge is 0.312 e. The van der Waals surface area contributed by atoms with Gasteiger partial charge in [0.2, 0.25) is 0 Å². The van der Waals surface area contributed by atoms with Crippen LogP contribution in [0.5, 0.6) is 11.5 Å². The molecule has 350 valence electrons. The molecule has 0 amide bonds. The highest BCUT2D eigenvalue weighted by molar-refractivity contribution is 5.95. The Morgan fingerprint density at radius 2 is 1.27 bits per heavy atom. The second-order valence-corrected chi connectivity index (χ2v) is 22.7. The summed E-state index contributed by atoms with van der Waals surface area (Å²) in [6, 6.07) is 22.6. The molecule has 2 heterocycles. The van der Waals surface area contributed by atoms with Crippen LogP contribution in [-0.4, -0.2) is 52.3 Å². The van der Waals surface area contributed by atoms with E-state index in [1.54, 1.807) is 21.5 Å². The maximum atomic E-state index is 14.8. The van der Waals surface area contributed by atoms with Gasteiger partial charge >= 0.3 is 5.97 Å². The molecule has 67 heavy (non-hydrogen) atoms. The fraction of sp³-hybridized carbons (Fsp3) is 0.518. The molecule has 10 atom stereocenters. The average molecular weight is 903 g/mol. The van der Waals surface area contributed by atoms with E-state index >= 15 is 0 Å². The highest BCUT2D eigenvalue weighted by atomic mass is 16.5. The van der Waals surface area contributed by atoms with Gasteiger partial charge in [-0.2, -0.15) is 0 Å². The van der Waals surface area contributed by atoms with E-state index in [9.17, 15) is 15.0 Å². The van der Waals surface area contributed by atoms with E-state index < -0.39 is 5.41 Å². The van der Waals surface area contributed by atoms with Crippen LogP contribution in [0.4, 0.5) is 0 Å². The van der Waals surface area contributed by atoms with E-state index in [4.69, 9.17) is 9.47 Å². The van der Waals surface area contributed by atoms with E-state index in [-0.39, 0.29) is 57.8 Å². The van der Waals surface area contributed by atoms with Gasteiger partial charge in [0, 0.05) is 21.5 Å². The molecule has 5 aliphatic rings. The van der Waals surface area contributed by atoms with Crippen LogP contribution < -0.4 is 0 Å². The lowest BCUT2D eigenvalue weighted by Gasteiger charge is -2.72. The molecule has 0 saturated heterocycles. The van der Waals surface area contributed by atoms with Gasteiger partial charge in [0.15, 0.2) is 0 Å². The number of hydrogen-bond acceptors (Lipinski definition) is 9. The van der Waals surface area contributed by atoms with Crippen LogP contribution >= 0.6 is 0 Å². The Labute approximate surface area is 393 Å². The average Bonchev–Trinajstić information content (AvgIpc) is 4.08. The Hall–Kier alpha value is -5.55. The molecule has 0 spiro atoms. The molecule has 0 unspecified atom stereocenters. The Kier molecular flexibility index (Phi) is 10.3. The molecule has 0 bridgehead atoms. The minimum atomic E-state index is -0.540. The van der Waals surface area contributed by atoms with Gasteiger partial charge < -0.3 is 19.7 Å². The zero-order valence-corrected chi connectivity index (χ0v) is 40.0. The fourth-order valence-electron chi connectivity index (χ4n) is 16.2. The van der Waals surface area contributed by atoms with Crippen molar-refractivity contribution in [1.82, 2.24) is 30.0 Å². The number of aromatic hydroxyl groups is 2. The van der Waals surface area contributed by atoms with Crippen molar-refractivity contribution < 1.29 is 24.5 Å². The maximum Gasteiger partial charge on any atom is 0.312 e. The van der Waals surface area contributed by atoms with Crippen molar-refractivity contribution in [2.45, 2.75) is 125 Å². The molecular weight excluding hydrogens is 837 g/mol. The summed E-state index contributed by atoms with van der Waals surface area (Å²) in [5.41, 5.74) is 4.11. The summed E-state index contributed by atoms with van der Waals surface area (Å²) < 4.78 is 16.7. The summed E-state index contributed by atoms with van der Waals surface area (Å²) in [6.45, 7) is 20.0. The number of esters is 1. The standard InChI is InChI=1S/C56H66N6O5/c1-34(2)37-22-27-56(51(65)67-33-36-31-62(60-58-36)44-17-9-15-41-39(44)13-11-19-46(41)64)29-28-54(6)42(50(37)56)20-21-48-53(5)25-24-49(52(3,4)47(53)23-26-55(48,54)7)66-32-35-30-61(59-57-35)43-16-8-14-40-38(43)12-10-18-45(40)63/h8-19,30-31,37,42,47-50,63-64H,1,20-29,32-33H2,2-7H3/t37-,42+,47-,48+,49-,50+,53-,54+,55+,56-/m0/s1. The number of aromatic nitrogens is 6. The van der Waals surface area contributed by atoms with Crippen LogP contribution in [0.15, 0.2) is 97.3 Å². The van der Waals surface area contributed by atoms with E-state index in [0.29, 0.717) is 36.0 Å².